The Bertz CT molecular complexity index is 1320. The number of ether oxygens (including phenoxy) is 2. The van der Waals surface area contributed by atoms with E-state index < -0.39 is 41.7 Å². The summed E-state index contributed by atoms with van der Waals surface area (Å²) >= 11 is 1.35. The largest absolute Gasteiger partial charge is 0.497 e. The molecule has 0 bridgehead atoms. The molecule has 2 aromatic rings. The number of hydrogen-bond acceptors (Lipinski definition) is 8. The Morgan fingerprint density at radius 1 is 1.00 bits per heavy atom. The number of benzene rings is 2. The monoisotopic (exact) mass is 492 g/mol. The van der Waals surface area contributed by atoms with Crippen molar-refractivity contribution in [1.82, 2.24) is 9.80 Å². The molecule has 1 fully saturated rings. The lowest BCUT2D eigenvalue weighted by Gasteiger charge is -2.51. The SMILES string of the molecule is COc1ccc2c(c1)C(=O)N(C1C(=O)N3C(C(=O)OCC(=O)c4ccccc4)=C(C)CS[C@H]13)C2=O. The van der Waals surface area contributed by atoms with Crippen LogP contribution in [-0.4, -0.2) is 70.2 Å². The van der Waals surface area contributed by atoms with Crippen molar-refractivity contribution in [1.29, 1.82) is 0 Å². The van der Waals surface area contributed by atoms with E-state index in [1.165, 1.54) is 35.9 Å². The minimum absolute atomic E-state index is 0.0501. The Hall–Kier alpha value is -3.92. The van der Waals surface area contributed by atoms with E-state index in [-0.39, 0.29) is 22.6 Å². The molecule has 0 aromatic heterocycles. The summed E-state index contributed by atoms with van der Waals surface area (Å²) in [5.74, 6) is -2.03. The molecule has 0 saturated carbocycles. The number of amides is 3. The van der Waals surface area contributed by atoms with Crippen molar-refractivity contribution in [3.05, 3.63) is 76.5 Å². The van der Waals surface area contributed by atoms with E-state index in [1.807, 2.05) is 0 Å². The molecule has 0 aliphatic carbocycles. The van der Waals surface area contributed by atoms with Gasteiger partial charge in [0, 0.05) is 11.3 Å². The van der Waals surface area contributed by atoms with Gasteiger partial charge in [0.05, 0.1) is 18.2 Å². The van der Waals surface area contributed by atoms with Gasteiger partial charge >= 0.3 is 5.97 Å². The summed E-state index contributed by atoms with van der Waals surface area (Å²) in [5, 5.41) is -0.623. The molecule has 9 nitrogen and oxygen atoms in total. The number of carbonyl (C=O) groups is 5. The van der Waals surface area contributed by atoms with Crippen LogP contribution >= 0.6 is 11.8 Å². The number of β-lactam (4-membered cyclic amide) rings is 1. The number of methoxy groups -OCH3 is 1. The fraction of sp³-hybridized carbons (Fsp3) is 0.240. The summed E-state index contributed by atoms with van der Waals surface area (Å²) in [4.78, 5) is 66.7. The lowest BCUT2D eigenvalue weighted by molar-refractivity contribution is -0.153. The molecule has 0 N–H and O–H groups in total. The highest BCUT2D eigenvalue weighted by Gasteiger charge is 2.60. The van der Waals surface area contributed by atoms with Crippen LogP contribution in [-0.2, 0) is 14.3 Å². The Balaban J connectivity index is 1.33. The second-order valence-electron chi connectivity index (χ2n) is 8.24. The average molecular weight is 493 g/mol. The number of hydrogen-bond donors (Lipinski definition) is 0. The van der Waals surface area contributed by atoms with Crippen LogP contribution in [0.3, 0.4) is 0 Å². The third kappa shape index (κ3) is 3.61. The summed E-state index contributed by atoms with van der Waals surface area (Å²) < 4.78 is 10.4. The number of carbonyl (C=O) groups excluding carboxylic acids is 5. The van der Waals surface area contributed by atoms with Gasteiger partial charge in [0.2, 0.25) is 0 Å². The quantitative estimate of drug-likeness (QED) is 0.261. The predicted molar refractivity (Wildman–Crippen MR) is 125 cm³/mol. The normalized spacial score (nSPS) is 20.9. The van der Waals surface area contributed by atoms with Crippen molar-refractivity contribution in [3.63, 3.8) is 0 Å². The summed E-state index contributed by atoms with van der Waals surface area (Å²) in [7, 11) is 1.45. The van der Waals surface area contributed by atoms with E-state index in [2.05, 4.69) is 0 Å². The van der Waals surface area contributed by atoms with E-state index in [1.54, 1.807) is 43.3 Å². The van der Waals surface area contributed by atoms with Crippen LogP contribution in [0.1, 0.15) is 38.0 Å². The number of Topliss-reactive ketones (excluding diaryl/α,β-unsaturated/α-hetero) is 1. The lowest BCUT2D eigenvalue weighted by Crippen LogP contribution is -2.71. The van der Waals surface area contributed by atoms with Gasteiger partial charge < -0.3 is 9.47 Å². The molecule has 2 aromatic carbocycles. The molecular weight excluding hydrogens is 472 g/mol. The predicted octanol–water partition coefficient (Wildman–Crippen LogP) is 2.28. The Kier molecular flexibility index (Phi) is 5.68. The van der Waals surface area contributed by atoms with E-state index in [0.717, 1.165) is 4.90 Å². The Morgan fingerprint density at radius 2 is 1.71 bits per heavy atom. The number of thioether (sulfide) groups is 1. The lowest BCUT2D eigenvalue weighted by atomic mass is 10.0. The average Bonchev–Trinajstić information content (AvgIpc) is 3.12. The van der Waals surface area contributed by atoms with Gasteiger partial charge in [-0.15, -0.1) is 11.8 Å². The molecule has 5 rings (SSSR count). The minimum atomic E-state index is -1.04. The fourth-order valence-electron chi connectivity index (χ4n) is 4.37. The zero-order valence-electron chi connectivity index (χ0n) is 18.8. The summed E-state index contributed by atoms with van der Waals surface area (Å²) in [6.45, 7) is 1.23. The maximum atomic E-state index is 13.2. The molecule has 3 amide bonds. The van der Waals surface area contributed by atoms with Crippen LogP contribution in [0.15, 0.2) is 59.8 Å². The van der Waals surface area contributed by atoms with E-state index in [9.17, 15) is 24.0 Å². The fourth-order valence-corrected chi connectivity index (χ4v) is 5.71. The van der Waals surface area contributed by atoms with Crippen LogP contribution in [0.25, 0.3) is 0 Å². The standard InChI is InChI=1S/C25H20N2O7S/c1-13-12-35-24-20(26-21(29)16-9-8-15(33-2)10-17(16)22(26)30)23(31)27(24)19(13)25(32)34-11-18(28)14-6-4-3-5-7-14/h3-10,20,24H,11-12H2,1-2H3/t20?,24-/m1/s1. The van der Waals surface area contributed by atoms with E-state index in [4.69, 9.17) is 9.47 Å². The molecule has 1 saturated heterocycles. The van der Waals surface area contributed by atoms with Crippen LogP contribution in [0.2, 0.25) is 0 Å². The van der Waals surface area contributed by atoms with E-state index in [0.29, 0.717) is 22.6 Å². The van der Waals surface area contributed by atoms with Gasteiger partial charge in [-0.25, -0.2) is 4.79 Å². The third-order valence-electron chi connectivity index (χ3n) is 6.16. The van der Waals surface area contributed by atoms with Gasteiger partial charge in [0.25, 0.3) is 17.7 Å². The second kappa shape index (κ2) is 8.70. The molecule has 3 aliphatic rings. The highest BCUT2D eigenvalue weighted by Crippen LogP contribution is 2.44. The van der Waals surface area contributed by atoms with Gasteiger partial charge in [0.1, 0.15) is 22.9 Å². The Morgan fingerprint density at radius 3 is 2.43 bits per heavy atom. The summed E-state index contributed by atoms with van der Waals surface area (Å²) in [6.07, 6.45) is 0. The maximum Gasteiger partial charge on any atom is 0.355 e. The third-order valence-corrected chi connectivity index (χ3v) is 7.57. The van der Waals surface area contributed by atoms with Gasteiger partial charge in [-0.05, 0) is 30.7 Å². The molecule has 35 heavy (non-hydrogen) atoms. The summed E-state index contributed by atoms with van der Waals surface area (Å²) in [6, 6.07) is 11.9. The molecule has 10 heteroatoms. The van der Waals surface area contributed by atoms with Crippen LogP contribution in [0.4, 0.5) is 0 Å². The maximum absolute atomic E-state index is 13.2. The first-order valence-corrected chi connectivity index (χ1v) is 11.8. The van der Waals surface area contributed by atoms with Crippen molar-refractivity contribution in [3.8, 4) is 5.75 Å². The van der Waals surface area contributed by atoms with Gasteiger partial charge in [-0.2, -0.15) is 0 Å². The Labute approximate surface area is 204 Å². The highest BCUT2D eigenvalue weighted by molar-refractivity contribution is 8.00. The van der Waals surface area contributed by atoms with Gasteiger partial charge in [-0.1, -0.05) is 30.3 Å². The number of esters is 1. The van der Waals surface area contributed by atoms with Crippen molar-refractivity contribution in [2.45, 2.75) is 18.3 Å². The number of nitrogens with zero attached hydrogens (tertiary/aromatic N) is 2. The molecule has 178 valence electrons. The second-order valence-corrected chi connectivity index (χ2v) is 9.35. The van der Waals surface area contributed by atoms with Crippen LogP contribution in [0.5, 0.6) is 5.75 Å². The molecule has 2 atom stereocenters. The van der Waals surface area contributed by atoms with Crippen LogP contribution < -0.4 is 4.74 Å². The van der Waals surface area contributed by atoms with Crippen molar-refractivity contribution >= 4 is 41.2 Å². The number of imide groups is 1. The van der Waals surface area contributed by atoms with Gasteiger partial charge in [0.15, 0.2) is 12.4 Å². The molecule has 3 heterocycles. The first-order valence-electron chi connectivity index (χ1n) is 10.8. The van der Waals surface area contributed by atoms with Crippen LogP contribution in [0, 0.1) is 0 Å². The van der Waals surface area contributed by atoms with Crippen molar-refractivity contribution < 1.29 is 33.4 Å². The first-order chi connectivity index (χ1) is 16.8. The smallest absolute Gasteiger partial charge is 0.355 e. The zero-order chi connectivity index (χ0) is 24.9. The molecule has 1 unspecified atom stereocenters. The first kappa shape index (κ1) is 22.9. The highest BCUT2D eigenvalue weighted by atomic mass is 32.2. The van der Waals surface area contributed by atoms with Gasteiger partial charge in [-0.3, -0.25) is 29.0 Å². The molecule has 0 radical (unpaired) electrons. The molecular formula is C25H20N2O7S. The minimum Gasteiger partial charge on any atom is -0.497 e. The summed E-state index contributed by atoms with van der Waals surface area (Å²) in [5.41, 5.74) is 1.45. The number of fused-ring (bicyclic) bond motifs is 2. The number of rotatable bonds is 6. The van der Waals surface area contributed by atoms with E-state index >= 15 is 0 Å². The van der Waals surface area contributed by atoms with Crippen molar-refractivity contribution in [2.24, 2.45) is 0 Å². The topological polar surface area (TPSA) is 110 Å². The zero-order valence-corrected chi connectivity index (χ0v) is 19.7. The molecule has 3 aliphatic heterocycles. The number of ketones is 1. The van der Waals surface area contributed by atoms with Crippen molar-refractivity contribution in [2.75, 3.05) is 19.5 Å². The molecule has 0 spiro atoms.